The first-order valence-electron chi connectivity index (χ1n) is 4.23. The summed E-state index contributed by atoms with van der Waals surface area (Å²) in [6.45, 7) is 7.03. The third-order valence-corrected chi connectivity index (χ3v) is 4.06. The summed E-state index contributed by atoms with van der Waals surface area (Å²) >= 11 is 3.56. The van der Waals surface area contributed by atoms with E-state index >= 15 is 0 Å². The molecule has 60 valence electrons. The highest BCUT2D eigenvalue weighted by Gasteiger charge is 2.53. The molecule has 0 aliphatic heterocycles. The van der Waals surface area contributed by atoms with Crippen LogP contribution >= 0.6 is 15.9 Å². The standard InChI is InChI=1S/C9H17Br/c1-4-9(7(2)3)5-8(9)6-10/h7-8H,4-6H2,1-3H3. The zero-order chi connectivity index (χ0) is 7.78. The minimum absolute atomic E-state index is 0.712. The maximum absolute atomic E-state index is 3.56. The molecular formula is C9H17Br. The van der Waals surface area contributed by atoms with Crippen molar-refractivity contribution in [2.75, 3.05) is 5.33 Å². The van der Waals surface area contributed by atoms with Gasteiger partial charge in [-0.1, -0.05) is 36.7 Å². The van der Waals surface area contributed by atoms with Gasteiger partial charge in [0.25, 0.3) is 0 Å². The Bertz CT molecular complexity index is 120. The van der Waals surface area contributed by atoms with Gasteiger partial charge in [0.05, 0.1) is 0 Å². The van der Waals surface area contributed by atoms with Crippen LogP contribution in [-0.4, -0.2) is 5.33 Å². The molecule has 0 amide bonds. The molecule has 2 atom stereocenters. The highest BCUT2D eigenvalue weighted by molar-refractivity contribution is 9.09. The van der Waals surface area contributed by atoms with Gasteiger partial charge in [0.15, 0.2) is 0 Å². The molecule has 1 saturated carbocycles. The third-order valence-electron chi connectivity index (χ3n) is 3.27. The summed E-state index contributed by atoms with van der Waals surface area (Å²) in [5, 5.41) is 1.21. The highest BCUT2D eigenvalue weighted by atomic mass is 79.9. The molecule has 0 aromatic carbocycles. The molecule has 0 saturated heterocycles. The lowest BCUT2D eigenvalue weighted by atomic mass is 9.88. The van der Waals surface area contributed by atoms with E-state index in [1.54, 1.807) is 0 Å². The molecule has 0 nitrogen and oxygen atoms in total. The second kappa shape index (κ2) is 2.84. The van der Waals surface area contributed by atoms with Crippen LogP contribution in [0.5, 0.6) is 0 Å². The van der Waals surface area contributed by atoms with Crippen molar-refractivity contribution >= 4 is 15.9 Å². The number of hydrogen-bond acceptors (Lipinski definition) is 0. The average molecular weight is 205 g/mol. The maximum atomic E-state index is 3.56. The van der Waals surface area contributed by atoms with E-state index in [1.165, 1.54) is 18.2 Å². The fourth-order valence-corrected chi connectivity index (χ4v) is 3.03. The first-order valence-corrected chi connectivity index (χ1v) is 5.35. The van der Waals surface area contributed by atoms with Gasteiger partial charge in [0.2, 0.25) is 0 Å². The minimum Gasteiger partial charge on any atom is -0.0925 e. The number of halogens is 1. The summed E-state index contributed by atoms with van der Waals surface area (Å²) in [7, 11) is 0. The Balaban J connectivity index is 2.50. The topological polar surface area (TPSA) is 0 Å². The van der Waals surface area contributed by atoms with E-state index < -0.39 is 0 Å². The van der Waals surface area contributed by atoms with E-state index in [4.69, 9.17) is 0 Å². The zero-order valence-corrected chi connectivity index (χ0v) is 8.74. The monoisotopic (exact) mass is 204 g/mol. The molecule has 0 spiro atoms. The van der Waals surface area contributed by atoms with Crippen LogP contribution in [0.25, 0.3) is 0 Å². The van der Waals surface area contributed by atoms with Crippen LogP contribution in [0.1, 0.15) is 33.6 Å². The minimum atomic E-state index is 0.712. The first-order chi connectivity index (χ1) is 4.67. The molecule has 10 heavy (non-hydrogen) atoms. The fourth-order valence-electron chi connectivity index (χ4n) is 2.16. The van der Waals surface area contributed by atoms with Gasteiger partial charge in [-0.15, -0.1) is 0 Å². The van der Waals surface area contributed by atoms with Crippen LogP contribution in [-0.2, 0) is 0 Å². The first kappa shape index (κ1) is 8.58. The largest absolute Gasteiger partial charge is 0.0925 e. The second-order valence-electron chi connectivity index (χ2n) is 3.80. The van der Waals surface area contributed by atoms with Crippen molar-refractivity contribution < 1.29 is 0 Å². The van der Waals surface area contributed by atoms with Gasteiger partial charge >= 0.3 is 0 Å². The van der Waals surface area contributed by atoms with E-state index in [0.29, 0.717) is 5.41 Å². The van der Waals surface area contributed by atoms with Crippen molar-refractivity contribution in [2.45, 2.75) is 33.6 Å². The number of hydrogen-bond donors (Lipinski definition) is 0. The van der Waals surface area contributed by atoms with Gasteiger partial charge in [-0.05, 0) is 30.1 Å². The lowest BCUT2D eigenvalue weighted by Crippen LogP contribution is -2.11. The lowest BCUT2D eigenvalue weighted by Gasteiger charge is -2.18. The molecule has 0 aromatic rings. The quantitative estimate of drug-likeness (QED) is 0.619. The number of rotatable bonds is 3. The highest BCUT2D eigenvalue weighted by Crippen LogP contribution is 2.60. The molecule has 2 unspecified atom stereocenters. The second-order valence-corrected chi connectivity index (χ2v) is 4.44. The van der Waals surface area contributed by atoms with Crippen LogP contribution in [0.2, 0.25) is 0 Å². The van der Waals surface area contributed by atoms with Crippen molar-refractivity contribution in [1.82, 2.24) is 0 Å². The summed E-state index contributed by atoms with van der Waals surface area (Å²) < 4.78 is 0. The molecule has 1 aliphatic carbocycles. The summed E-state index contributed by atoms with van der Waals surface area (Å²) in [6.07, 6.45) is 2.81. The van der Waals surface area contributed by atoms with Crippen LogP contribution in [0, 0.1) is 17.3 Å². The molecule has 1 fully saturated rings. The Morgan fingerprint density at radius 2 is 2.20 bits per heavy atom. The SMILES string of the molecule is CCC1(C(C)C)CC1CBr. The van der Waals surface area contributed by atoms with E-state index in [1.807, 2.05) is 0 Å². The summed E-state index contributed by atoms with van der Waals surface area (Å²) in [4.78, 5) is 0. The van der Waals surface area contributed by atoms with Crippen molar-refractivity contribution in [1.29, 1.82) is 0 Å². The van der Waals surface area contributed by atoms with Crippen molar-refractivity contribution in [3.05, 3.63) is 0 Å². The Labute approximate surface area is 72.5 Å². The molecular weight excluding hydrogens is 188 g/mol. The van der Waals surface area contributed by atoms with Crippen molar-refractivity contribution in [2.24, 2.45) is 17.3 Å². The normalized spacial score (nSPS) is 38.7. The molecule has 0 aromatic heterocycles. The molecule has 1 rings (SSSR count). The molecule has 0 N–H and O–H groups in total. The summed E-state index contributed by atoms with van der Waals surface area (Å²) in [5.41, 5.74) is 0.712. The zero-order valence-electron chi connectivity index (χ0n) is 7.15. The van der Waals surface area contributed by atoms with Crippen LogP contribution in [0.15, 0.2) is 0 Å². The molecule has 1 heteroatoms. The molecule has 0 radical (unpaired) electrons. The summed E-state index contributed by atoms with van der Waals surface area (Å²) in [5.74, 6) is 1.84. The Hall–Kier alpha value is 0.480. The predicted octanol–water partition coefficient (Wildman–Crippen LogP) is 3.45. The Kier molecular flexibility index (Phi) is 2.44. The van der Waals surface area contributed by atoms with Crippen LogP contribution in [0.3, 0.4) is 0 Å². The van der Waals surface area contributed by atoms with Crippen molar-refractivity contribution in [3.63, 3.8) is 0 Å². The van der Waals surface area contributed by atoms with Gasteiger partial charge < -0.3 is 0 Å². The van der Waals surface area contributed by atoms with Gasteiger partial charge in [-0.25, -0.2) is 0 Å². The predicted molar refractivity (Wildman–Crippen MR) is 49.5 cm³/mol. The Morgan fingerprint density at radius 3 is 2.30 bits per heavy atom. The lowest BCUT2D eigenvalue weighted by molar-refractivity contribution is 0.321. The van der Waals surface area contributed by atoms with Crippen molar-refractivity contribution in [3.8, 4) is 0 Å². The van der Waals surface area contributed by atoms with Gasteiger partial charge in [0, 0.05) is 5.33 Å². The van der Waals surface area contributed by atoms with E-state index in [9.17, 15) is 0 Å². The molecule has 1 aliphatic rings. The van der Waals surface area contributed by atoms with Gasteiger partial charge in [-0.2, -0.15) is 0 Å². The Morgan fingerprint density at radius 1 is 1.60 bits per heavy atom. The summed E-state index contributed by atoms with van der Waals surface area (Å²) in [6, 6.07) is 0. The van der Waals surface area contributed by atoms with Gasteiger partial charge in [0.1, 0.15) is 0 Å². The number of alkyl halides is 1. The van der Waals surface area contributed by atoms with Crippen LogP contribution in [0.4, 0.5) is 0 Å². The maximum Gasteiger partial charge on any atom is 0.00652 e. The van der Waals surface area contributed by atoms with Gasteiger partial charge in [-0.3, -0.25) is 0 Å². The van der Waals surface area contributed by atoms with Crippen LogP contribution < -0.4 is 0 Å². The molecule has 0 bridgehead atoms. The third kappa shape index (κ3) is 1.13. The average Bonchev–Trinajstić information content (AvgIpc) is 2.62. The van der Waals surface area contributed by atoms with E-state index in [0.717, 1.165) is 11.8 Å². The molecule has 0 heterocycles. The smallest absolute Gasteiger partial charge is 0.00652 e. The van der Waals surface area contributed by atoms with E-state index in [-0.39, 0.29) is 0 Å². The van der Waals surface area contributed by atoms with E-state index in [2.05, 4.69) is 36.7 Å². The fraction of sp³-hybridized carbons (Fsp3) is 1.00.